The fourth-order valence-corrected chi connectivity index (χ4v) is 4.03. The fraction of sp³-hybridized carbons (Fsp3) is 0.905. The van der Waals surface area contributed by atoms with Gasteiger partial charge in [-0.05, 0) is 63.2 Å². The summed E-state index contributed by atoms with van der Waals surface area (Å²) in [5.41, 5.74) is 1.53. The Morgan fingerprint density at radius 2 is 1.83 bits per heavy atom. The molecule has 1 heterocycles. The third kappa shape index (κ3) is 6.23. The summed E-state index contributed by atoms with van der Waals surface area (Å²) >= 11 is 0. The Bertz CT molecular complexity index is 373. The van der Waals surface area contributed by atoms with Gasteiger partial charge in [0.05, 0.1) is 13.2 Å². The van der Waals surface area contributed by atoms with Gasteiger partial charge in [0.2, 0.25) is 0 Å². The lowest BCUT2D eigenvalue weighted by Gasteiger charge is -2.21. The topological polar surface area (TPSA) is 18.5 Å². The monoisotopic (exact) mass is 322 g/mol. The van der Waals surface area contributed by atoms with Crippen molar-refractivity contribution in [3.63, 3.8) is 0 Å². The van der Waals surface area contributed by atoms with Crippen molar-refractivity contribution < 1.29 is 9.47 Å². The second kappa shape index (κ2) is 8.67. The van der Waals surface area contributed by atoms with Gasteiger partial charge in [-0.2, -0.15) is 0 Å². The molecule has 2 fully saturated rings. The predicted molar refractivity (Wildman–Crippen MR) is 97.4 cm³/mol. The molecular formula is C21H38O2. The van der Waals surface area contributed by atoms with Crippen LogP contribution in [0.5, 0.6) is 0 Å². The average Bonchev–Trinajstić information content (AvgIpc) is 2.86. The number of ether oxygens (including phenoxy) is 2. The molecule has 134 valence electrons. The zero-order valence-electron chi connectivity index (χ0n) is 16.1. The molecule has 0 amide bonds. The summed E-state index contributed by atoms with van der Waals surface area (Å²) in [6.07, 6.45) is 11.3. The van der Waals surface area contributed by atoms with E-state index in [-0.39, 0.29) is 5.79 Å². The van der Waals surface area contributed by atoms with Gasteiger partial charge in [-0.3, -0.25) is 0 Å². The minimum atomic E-state index is -0.331. The molecule has 0 aromatic carbocycles. The molecule has 2 aliphatic rings. The van der Waals surface area contributed by atoms with Gasteiger partial charge < -0.3 is 9.47 Å². The maximum atomic E-state index is 5.65. The van der Waals surface area contributed by atoms with Gasteiger partial charge in [-0.15, -0.1) is 0 Å². The lowest BCUT2D eigenvalue weighted by Crippen LogP contribution is -2.24. The maximum absolute atomic E-state index is 5.65. The van der Waals surface area contributed by atoms with Crippen molar-refractivity contribution in [2.24, 2.45) is 23.7 Å². The normalized spacial score (nSPS) is 31.3. The molecule has 23 heavy (non-hydrogen) atoms. The molecule has 3 atom stereocenters. The zero-order valence-corrected chi connectivity index (χ0v) is 16.1. The largest absolute Gasteiger partial charge is 0.348 e. The van der Waals surface area contributed by atoms with E-state index in [0.717, 1.165) is 49.7 Å². The first-order chi connectivity index (χ1) is 10.9. The van der Waals surface area contributed by atoms with Crippen LogP contribution in [0.25, 0.3) is 0 Å². The first kappa shape index (κ1) is 19.0. The number of hydrogen-bond donors (Lipinski definition) is 0. The van der Waals surface area contributed by atoms with Crippen molar-refractivity contribution in [2.75, 3.05) is 13.2 Å². The summed E-state index contributed by atoms with van der Waals surface area (Å²) in [4.78, 5) is 0. The van der Waals surface area contributed by atoms with Gasteiger partial charge in [0.15, 0.2) is 5.79 Å². The van der Waals surface area contributed by atoms with Crippen LogP contribution >= 0.6 is 0 Å². The fourth-order valence-electron chi connectivity index (χ4n) is 4.03. The second-order valence-electron chi connectivity index (χ2n) is 8.38. The molecule has 0 bridgehead atoms. The van der Waals surface area contributed by atoms with Crippen LogP contribution in [0.4, 0.5) is 0 Å². The second-order valence-corrected chi connectivity index (χ2v) is 8.38. The van der Waals surface area contributed by atoms with Gasteiger partial charge in [-0.25, -0.2) is 0 Å². The molecule has 1 saturated heterocycles. The SMILES string of the molecule is C/C(=C\CCC1(C)OCCO1)CCC[C@H](C)CCC1C(C)C1C. The summed E-state index contributed by atoms with van der Waals surface area (Å²) in [5.74, 6) is 3.56. The van der Waals surface area contributed by atoms with Crippen LogP contribution in [0.1, 0.15) is 79.6 Å². The molecule has 1 aliphatic heterocycles. The molecule has 1 saturated carbocycles. The van der Waals surface area contributed by atoms with E-state index in [2.05, 4.69) is 40.7 Å². The summed E-state index contributed by atoms with van der Waals surface area (Å²) in [5, 5.41) is 0. The van der Waals surface area contributed by atoms with Crippen LogP contribution in [0, 0.1) is 23.7 Å². The molecule has 0 N–H and O–H groups in total. The quantitative estimate of drug-likeness (QED) is 0.462. The van der Waals surface area contributed by atoms with Crippen LogP contribution < -0.4 is 0 Å². The molecular weight excluding hydrogens is 284 g/mol. The van der Waals surface area contributed by atoms with E-state index in [4.69, 9.17) is 9.47 Å². The third-order valence-corrected chi connectivity index (χ3v) is 6.29. The Balaban J connectivity index is 1.51. The number of allylic oxidation sites excluding steroid dienone is 2. The van der Waals surface area contributed by atoms with Crippen LogP contribution in [-0.2, 0) is 9.47 Å². The highest BCUT2D eigenvalue weighted by Crippen LogP contribution is 2.48. The van der Waals surface area contributed by atoms with Gasteiger partial charge in [-0.1, -0.05) is 45.3 Å². The highest BCUT2D eigenvalue weighted by atomic mass is 16.7. The van der Waals surface area contributed by atoms with E-state index >= 15 is 0 Å². The van der Waals surface area contributed by atoms with Crippen molar-refractivity contribution in [2.45, 2.75) is 85.4 Å². The third-order valence-electron chi connectivity index (χ3n) is 6.29. The van der Waals surface area contributed by atoms with E-state index in [1.807, 2.05) is 0 Å². The Labute approximate surface area is 144 Å². The molecule has 2 heteroatoms. The van der Waals surface area contributed by atoms with Crippen molar-refractivity contribution >= 4 is 0 Å². The lowest BCUT2D eigenvalue weighted by atomic mass is 9.95. The molecule has 0 radical (unpaired) electrons. The smallest absolute Gasteiger partial charge is 0.166 e. The Kier molecular flexibility index (Phi) is 7.16. The summed E-state index contributed by atoms with van der Waals surface area (Å²) in [6, 6.07) is 0. The zero-order chi connectivity index (χ0) is 16.9. The van der Waals surface area contributed by atoms with Gasteiger partial charge >= 0.3 is 0 Å². The number of hydrogen-bond acceptors (Lipinski definition) is 2. The molecule has 2 nitrogen and oxygen atoms in total. The van der Waals surface area contributed by atoms with Crippen LogP contribution in [0.2, 0.25) is 0 Å². The molecule has 2 unspecified atom stereocenters. The van der Waals surface area contributed by atoms with Crippen LogP contribution in [0.15, 0.2) is 11.6 Å². The Hall–Kier alpha value is -0.340. The lowest BCUT2D eigenvalue weighted by molar-refractivity contribution is -0.145. The maximum Gasteiger partial charge on any atom is 0.166 e. The van der Waals surface area contributed by atoms with Crippen LogP contribution in [-0.4, -0.2) is 19.0 Å². The molecule has 0 spiro atoms. The van der Waals surface area contributed by atoms with Gasteiger partial charge in [0.25, 0.3) is 0 Å². The summed E-state index contributed by atoms with van der Waals surface area (Å²) in [6.45, 7) is 13.1. The average molecular weight is 323 g/mol. The predicted octanol–water partition coefficient (Wildman–Crippen LogP) is 5.96. The standard InChI is InChI=1S/C21H38O2/c1-16(10-7-13-21(5)22-14-15-23-21)8-6-9-17(2)11-12-20-18(3)19(20)4/h10,17-20H,6-9,11-15H2,1-5H3/b16-10+/t17-,18?,19?,20?/m0/s1. The number of rotatable bonds is 10. The van der Waals surface area contributed by atoms with E-state index in [0.29, 0.717) is 0 Å². The Morgan fingerprint density at radius 1 is 1.17 bits per heavy atom. The van der Waals surface area contributed by atoms with E-state index in [1.165, 1.54) is 37.7 Å². The highest BCUT2D eigenvalue weighted by molar-refractivity contribution is 4.98. The van der Waals surface area contributed by atoms with E-state index in [9.17, 15) is 0 Å². The van der Waals surface area contributed by atoms with Gasteiger partial charge in [0.1, 0.15) is 0 Å². The molecule has 2 rings (SSSR count). The minimum Gasteiger partial charge on any atom is -0.348 e. The van der Waals surface area contributed by atoms with E-state index in [1.54, 1.807) is 0 Å². The molecule has 0 aromatic heterocycles. The summed E-state index contributed by atoms with van der Waals surface area (Å²) < 4.78 is 11.3. The van der Waals surface area contributed by atoms with Crippen LogP contribution in [0.3, 0.4) is 0 Å². The van der Waals surface area contributed by atoms with E-state index < -0.39 is 0 Å². The molecule has 0 aromatic rings. The first-order valence-corrected chi connectivity index (χ1v) is 9.85. The highest BCUT2D eigenvalue weighted by Gasteiger charge is 2.41. The minimum absolute atomic E-state index is 0.331. The Morgan fingerprint density at radius 3 is 2.43 bits per heavy atom. The van der Waals surface area contributed by atoms with Crippen molar-refractivity contribution in [3.8, 4) is 0 Å². The summed E-state index contributed by atoms with van der Waals surface area (Å²) in [7, 11) is 0. The molecule has 1 aliphatic carbocycles. The van der Waals surface area contributed by atoms with Crippen molar-refractivity contribution in [1.29, 1.82) is 0 Å². The first-order valence-electron chi connectivity index (χ1n) is 9.85. The van der Waals surface area contributed by atoms with Crippen molar-refractivity contribution in [3.05, 3.63) is 11.6 Å². The van der Waals surface area contributed by atoms with Crippen molar-refractivity contribution in [1.82, 2.24) is 0 Å². The van der Waals surface area contributed by atoms with Gasteiger partial charge in [0, 0.05) is 6.42 Å².